The van der Waals surface area contributed by atoms with Crippen LogP contribution >= 0.6 is 0 Å². The van der Waals surface area contributed by atoms with Gasteiger partial charge in [-0.15, -0.1) is 0 Å². The molecule has 43 heavy (non-hydrogen) atoms. The van der Waals surface area contributed by atoms with Crippen LogP contribution in [0.3, 0.4) is 0 Å². The maximum absolute atomic E-state index is 13.2. The Balaban J connectivity index is 1.17. The summed E-state index contributed by atoms with van der Waals surface area (Å²) in [6, 6.07) is 8.13. The minimum absolute atomic E-state index is 0.0865. The first-order valence-corrected chi connectivity index (χ1v) is 15.4. The number of aromatic nitrogens is 2. The lowest BCUT2D eigenvalue weighted by Gasteiger charge is -2.30. The molecule has 5 rings (SSSR count). The van der Waals surface area contributed by atoms with Gasteiger partial charge in [-0.25, -0.2) is 18.1 Å². The zero-order chi connectivity index (χ0) is 30.8. The van der Waals surface area contributed by atoms with Gasteiger partial charge in [0.1, 0.15) is 5.82 Å². The first kappa shape index (κ1) is 31.3. The summed E-state index contributed by atoms with van der Waals surface area (Å²) in [5.41, 5.74) is -2.54. The van der Waals surface area contributed by atoms with Gasteiger partial charge in [0.15, 0.2) is 0 Å². The number of ether oxygens (including phenoxy) is 1. The van der Waals surface area contributed by atoms with Crippen LogP contribution in [0.1, 0.15) is 36.8 Å². The van der Waals surface area contributed by atoms with Gasteiger partial charge in [-0.3, -0.25) is 0 Å². The highest BCUT2D eigenvalue weighted by Crippen LogP contribution is 2.37. The van der Waals surface area contributed by atoms with Crippen LogP contribution in [-0.2, 0) is 27.1 Å². The van der Waals surface area contributed by atoms with Gasteiger partial charge in [0, 0.05) is 31.6 Å². The number of nitrogens with zero attached hydrogens (tertiary/aromatic N) is 3. The molecule has 1 aromatic heterocycles. The smallest absolute Gasteiger partial charge is 0.378 e. The van der Waals surface area contributed by atoms with E-state index in [2.05, 4.69) is 19.9 Å². The molecule has 2 fully saturated rings. The quantitative estimate of drug-likeness (QED) is 0.308. The third-order valence-corrected chi connectivity index (χ3v) is 9.25. The van der Waals surface area contributed by atoms with Crippen LogP contribution in [0.5, 0.6) is 0 Å². The summed E-state index contributed by atoms with van der Waals surface area (Å²) in [5.74, 6) is 1.50. The number of alkyl halides is 6. The number of morpholine rings is 1. The van der Waals surface area contributed by atoms with Crippen molar-refractivity contribution < 1.29 is 39.5 Å². The SMILES string of the molecule is O=S(=O)(NCC1CCC(CNc2nc(N3CCOCC3)c3ccccc3n2)CC1)c1cc(C(F)(F)F)cc(C(F)(F)F)c1. The Labute approximate surface area is 244 Å². The van der Waals surface area contributed by atoms with Crippen molar-refractivity contribution in [2.45, 2.75) is 42.9 Å². The van der Waals surface area contributed by atoms with Crippen molar-refractivity contribution in [1.82, 2.24) is 14.7 Å². The van der Waals surface area contributed by atoms with Gasteiger partial charge < -0.3 is 15.0 Å². The van der Waals surface area contributed by atoms with Crippen LogP contribution in [0.25, 0.3) is 10.9 Å². The number of rotatable bonds is 8. The molecule has 0 bridgehead atoms. The monoisotopic (exact) mass is 631 g/mol. The molecule has 2 heterocycles. The van der Waals surface area contributed by atoms with Gasteiger partial charge in [0.05, 0.1) is 34.8 Å². The van der Waals surface area contributed by atoms with Crippen molar-refractivity contribution in [3.63, 3.8) is 0 Å². The molecule has 1 saturated heterocycles. The Morgan fingerprint density at radius 2 is 1.42 bits per heavy atom. The molecule has 1 saturated carbocycles. The Morgan fingerprint density at radius 3 is 2.02 bits per heavy atom. The summed E-state index contributed by atoms with van der Waals surface area (Å²) in [4.78, 5) is 10.5. The molecule has 0 unspecified atom stereocenters. The normalized spacial score (nSPS) is 20.4. The van der Waals surface area contributed by atoms with Gasteiger partial charge in [0.2, 0.25) is 16.0 Å². The van der Waals surface area contributed by atoms with Crippen LogP contribution in [0.4, 0.5) is 38.1 Å². The molecule has 0 atom stereocenters. The number of sulfonamides is 1. The van der Waals surface area contributed by atoms with Gasteiger partial charge in [0.25, 0.3) is 0 Å². The summed E-state index contributed by atoms with van der Waals surface area (Å²) in [6.45, 7) is 3.21. The molecule has 2 aliphatic rings. The van der Waals surface area contributed by atoms with Crippen LogP contribution in [0.15, 0.2) is 47.4 Å². The summed E-state index contributed by atoms with van der Waals surface area (Å²) < 4.78 is 112. The van der Waals surface area contributed by atoms with Crippen molar-refractivity contribution >= 4 is 32.7 Å². The molecular formula is C28H31F6N5O3S. The fourth-order valence-electron chi connectivity index (χ4n) is 5.42. The Kier molecular flexibility index (Phi) is 9.05. The highest BCUT2D eigenvalue weighted by molar-refractivity contribution is 7.89. The standard InChI is InChI=1S/C28H31F6N5O3S/c29-27(30,31)20-13-21(28(32,33)34)15-22(14-20)43(40,41)36-17-19-7-5-18(6-8-19)16-35-26-37-24-4-2-1-3-23(24)25(38-26)39-9-11-42-12-10-39/h1-4,13-15,18-19,36H,5-12,16-17H2,(H,35,37,38). The third-order valence-electron chi connectivity index (χ3n) is 7.84. The zero-order valence-electron chi connectivity index (χ0n) is 23.0. The molecule has 1 aliphatic carbocycles. The van der Waals surface area contributed by atoms with Gasteiger partial charge in [-0.05, 0) is 67.9 Å². The summed E-state index contributed by atoms with van der Waals surface area (Å²) in [6.07, 6.45) is -7.48. The molecule has 3 aromatic rings. The Morgan fingerprint density at radius 1 is 0.837 bits per heavy atom. The van der Waals surface area contributed by atoms with Crippen molar-refractivity contribution in [1.29, 1.82) is 0 Å². The maximum Gasteiger partial charge on any atom is 0.416 e. The highest BCUT2D eigenvalue weighted by Gasteiger charge is 2.38. The maximum atomic E-state index is 13.2. The molecule has 2 aromatic carbocycles. The predicted octanol–water partition coefficient (Wildman–Crippen LogP) is 5.70. The minimum atomic E-state index is -5.14. The first-order valence-electron chi connectivity index (χ1n) is 13.9. The number of benzene rings is 2. The first-order chi connectivity index (χ1) is 20.3. The molecular weight excluding hydrogens is 600 g/mol. The summed E-state index contributed by atoms with van der Waals surface area (Å²) >= 11 is 0. The average Bonchev–Trinajstić information content (AvgIpc) is 2.98. The number of anilines is 2. The summed E-state index contributed by atoms with van der Waals surface area (Å²) in [5, 5.41) is 4.29. The lowest BCUT2D eigenvalue weighted by Crippen LogP contribution is -2.37. The van der Waals surface area contributed by atoms with Crippen LogP contribution in [0, 0.1) is 11.8 Å². The highest BCUT2D eigenvalue weighted by atomic mass is 32.2. The van der Waals surface area contributed by atoms with Crippen LogP contribution < -0.4 is 14.9 Å². The van der Waals surface area contributed by atoms with E-state index in [-0.39, 0.29) is 36.6 Å². The molecule has 15 heteroatoms. The number of hydrogen-bond acceptors (Lipinski definition) is 7. The van der Waals surface area contributed by atoms with Gasteiger partial charge in [-0.1, -0.05) is 12.1 Å². The minimum Gasteiger partial charge on any atom is -0.378 e. The van der Waals surface area contributed by atoms with E-state index in [0.29, 0.717) is 38.5 Å². The topological polar surface area (TPSA) is 96.5 Å². The second-order valence-corrected chi connectivity index (χ2v) is 12.6. The van der Waals surface area contributed by atoms with Gasteiger partial charge in [-0.2, -0.15) is 31.3 Å². The zero-order valence-corrected chi connectivity index (χ0v) is 23.8. The second kappa shape index (κ2) is 12.4. The van der Waals surface area contributed by atoms with Crippen molar-refractivity contribution in [3.05, 3.63) is 53.6 Å². The van der Waals surface area contributed by atoms with E-state index in [1.807, 2.05) is 24.3 Å². The lowest BCUT2D eigenvalue weighted by molar-refractivity contribution is -0.143. The van der Waals surface area contributed by atoms with E-state index in [4.69, 9.17) is 9.72 Å². The average molecular weight is 632 g/mol. The fourth-order valence-corrected chi connectivity index (χ4v) is 6.61. The van der Waals surface area contributed by atoms with Crippen molar-refractivity contribution in [3.8, 4) is 0 Å². The lowest BCUT2D eigenvalue weighted by atomic mass is 9.82. The van der Waals surface area contributed by atoms with E-state index in [0.717, 1.165) is 42.7 Å². The Bertz CT molecular complexity index is 1500. The molecule has 8 nitrogen and oxygen atoms in total. The van der Waals surface area contributed by atoms with Gasteiger partial charge >= 0.3 is 12.4 Å². The fraction of sp³-hybridized carbons (Fsp3) is 0.500. The Hall–Kier alpha value is -3.17. The third kappa shape index (κ3) is 7.68. The number of halogens is 6. The predicted molar refractivity (Wildman–Crippen MR) is 148 cm³/mol. The molecule has 2 N–H and O–H groups in total. The summed E-state index contributed by atoms with van der Waals surface area (Å²) in [7, 11) is -4.61. The van der Waals surface area contributed by atoms with E-state index >= 15 is 0 Å². The van der Waals surface area contributed by atoms with E-state index in [1.165, 1.54) is 0 Å². The van der Waals surface area contributed by atoms with Crippen LogP contribution in [-0.4, -0.2) is 57.8 Å². The molecule has 1 aliphatic heterocycles. The second-order valence-electron chi connectivity index (χ2n) is 10.8. The molecule has 0 amide bonds. The number of nitrogens with one attached hydrogen (secondary N) is 2. The van der Waals surface area contributed by atoms with E-state index in [9.17, 15) is 34.8 Å². The number of hydrogen-bond donors (Lipinski definition) is 2. The molecule has 234 valence electrons. The van der Waals surface area contributed by atoms with E-state index in [1.54, 1.807) is 0 Å². The molecule has 0 spiro atoms. The molecule has 0 radical (unpaired) electrons. The number of fused-ring (bicyclic) bond motifs is 1. The van der Waals surface area contributed by atoms with E-state index < -0.39 is 38.4 Å². The largest absolute Gasteiger partial charge is 0.416 e. The van der Waals surface area contributed by atoms with Crippen LogP contribution in [0.2, 0.25) is 0 Å². The number of para-hydroxylation sites is 1. The van der Waals surface area contributed by atoms with Crippen molar-refractivity contribution in [2.24, 2.45) is 11.8 Å². The van der Waals surface area contributed by atoms with Crippen molar-refractivity contribution in [2.75, 3.05) is 49.6 Å².